The van der Waals surface area contributed by atoms with Crippen molar-refractivity contribution in [1.29, 1.82) is 5.26 Å². The van der Waals surface area contributed by atoms with E-state index in [1.165, 1.54) is 0 Å². The van der Waals surface area contributed by atoms with Crippen LogP contribution in [0.15, 0.2) is 40.8 Å². The van der Waals surface area contributed by atoms with Crippen LogP contribution in [-0.2, 0) is 6.42 Å². The molecule has 0 radical (unpaired) electrons. The summed E-state index contributed by atoms with van der Waals surface area (Å²) in [6, 6.07) is 12.4. The molecule has 3 aromatic rings. The second-order valence-electron chi connectivity index (χ2n) is 6.48. The molecule has 3 rings (SSSR count). The van der Waals surface area contributed by atoms with Crippen molar-refractivity contribution in [1.82, 2.24) is 10.2 Å². The minimum absolute atomic E-state index is 0.319. The number of benzene rings is 2. The Morgan fingerprint density at radius 2 is 1.96 bits per heavy atom. The van der Waals surface area contributed by atoms with E-state index in [1.807, 2.05) is 13.0 Å². The fourth-order valence-electron chi connectivity index (χ4n) is 2.91. The van der Waals surface area contributed by atoms with Gasteiger partial charge in [-0.3, -0.25) is 0 Å². The fraction of sp³-hybridized carbons (Fsp3) is 0.238. The highest BCUT2D eigenvalue weighted by molar-refractivity contribution is 6.34. The van der Waals surface area contributed by atoms with E-state index >= 15 is 0 Å². The van der Waals surface area contributed by atoms with E-state index in [1.54, 1.807) is 37.3 Å². The van der Waals surface area contributed by atoms with Crippen molar-refractivity contribution in [2.24, 2.45) is 0 Å². The van der Waals surface area contributed by atoms with Crippen LogP contribution in [-0.4, -0.2) is 21.4 Å². The Bertz CT molecular complexity index is 1080. The molecule has 2 atom stereocenters. The molecule has 0 aliphatic rings. The first-order valence-electron chi connectivity index (χ1n) is 8.62. The van der Waals surface area contributed by atoms with Crippen molar-refractivity contribution in [2.75, 3.05) is 0 Å². The number of rotatable bonds is 5. The molecule has 0 amide bonds. The van der Waals surface area contributed by atoms with Crippen molar-refractivity contribution in [3.63, 3.8) is 0 Å². The molecule has 0 fully saturated rings. The summed E-state index contributed by atoms with van der Waals surface area (Å²) in [5.41, 5.74) is 3.34. The number of aliphatic hydroxyl groups excluding tert-OH is 1. The fourth-order valence-corrected chi connectivity index (χ4v) is 3.13. The minimum atomic E-state index is -0.729. The van der Waals surface area contributed by atoms with Gasteiger partial charge in [0.1, 0.15) is 0 Å². The average molecular weight is 393 g/mol. The van der Waals surface area contributed by atoms with Gasteiger partial charge in [0, 0.05) is 5.56 Å². The smallest absolute Gasteiger partial charge is 0.247 e. The normalized spacial score (nSPS) is 12.8. The van der Waals surface area contributed by atoms with Gasteiger partial charge in [-0.25, -0.2) is 4.85 Å². The molecule has 0 aliphatic heterocycles. The van der Waals surface area contributed by atoms with Crippen LogP contribution in [0.25, 0.3) is 16.3 Å². The van der Waals surface area contributed by atoms with Gasteiger partial charge in [0.25, 0.3) is 0 Å². The molecule has 7 heteroatoms. The van der Waals surface area contributed by atoms with Crippen LogP contribution in [0, 0.1) is 24.8 Å². The first-order valence-corrected chi connectivity index (χ1v) is 8.99. The SMILES string of the molecule is [C-]#[N+]c1ccc(C[C@@H](c2nnc(-c3ccc(C#N)cc3)o2)[C@@H](C)O)c(C)c1Cl. The third-order valence-electron chi connectivity index (χ3n) is 4.64. The lowest BCUT2D eigenvalue weighted by atomic mass is 9.92. The molecule has 0 unspecified atom stereocenters. The minimum Gasteiger partial charge on any atom is -0.420 e. The first kappa shape index (κ1) is 19.6. The number of aromatic nitrogens is 2. The number of halogens is 1. The zero-order chi connectivity index (χ0) is 20.3. The van der Waals surface area contributed by atoms with E-state index in [0.717, 1.165) is 11.1 Å². The molecular weight excluding hydrogens is 376 g/mol. The van der Waals surface area contributed by atoms with Gasteiger partial charge in [-0.15, -0.1) is 10.2 Å². The van der Waals surface area contributed by atoms with Crippen molar-refractivity contribution < 1.29 is 9.52 Å². The second-order valence-corrected chi connectivity index (χ2v) is 6.86. The average Bonchev–Trinajstić information content (AvgIpc) is 3.18. The lowest BCUT2D eigenvalue weighted by molar-refractivity contribution is 0.148. The molecule has 0 bridgehead atoms. The predicted molar refractivity (Wildman–Crippen MR) is 105 cm³/mol. The Labute approximate surface area is 167 Å². The van der Waals surface area contributed by atoms with E-state index in [4.69, 9.17) is 27.9 Å². The van der Waals surface area contributed by atoms with Crippen molar-refractivity contribution in [3.05, 3.63) is 75.4 Å². The maximum atomic E-state index is 10.3. The molecule has 0 spiro atoms. The maximum Gasteiger partial charge on any atom is 0.247 e. The monoisotopic (exact) mass is 392 g/mol. The summed E-state index contributed by atoms with van der Waals surface area (Å²) in [4.78, 5) is 3.40. The van der Waals surface area contributed by atoms with Gasteiger partial charge in [-0.05, 0) is 55.7 Å². The van der Waals surface area contributed by atoms with Crippen molar-refractivity contribution in [2.45, 2.75) is 32.3 Å². The predicted octanol–water partition coefficient (Wildman–Crippen LogP) is 4.83. The van der Waals surface area contributed by atoms with E-state index in [-0.39, 0.29) is 0 Å². The zero-order valence-electron chi connectivity index (χ0n) is 15.3. The summed E-state index contributed by atoms with van der Waals surface area (Å²) < 4.78 is 5.81. The van der Waals surface area contributed by atoms with E-state index < -0.39 is 12.0 Å². The Morgan fingerprint density at radius 1 is 1.25 bits per heavy atom. The van der Waals surface area contributed by atoms with Crippen LogP contribution < -0.4 is 0 Å². The Morgan fingerprint density at radius 3 is 2.57 bits per heavy atom. The summed E-state index contributed by atoms with van der Waals surface area (Å²) in [6.45, 7) is 10.7. The molecule has 0 saturated heterocycles. The lowest BCUT2D eigenvalue weighted by Gasteiger charge is -2.18. The zero-order valence-corrected chi connectivity index (χ0v) is 16.1. The van der Waals surface area contributed by atoms with Gasteiger partial charge in [0.2, 0.25) is 17.5 Å². The van der Waals surface area contributed by atoms with Crippen LogP contribution in [0.5, 0.6) is 0 Å². The topological polar surface area (TPSA) is 87.3 Å². The Hall–Kier alpha value is -3.19. The van der Waals surface area contributed by atoms with Gasteiger partial charge in [-0.2, -0.15) is 5.26 Å². The maximum absolute atomic E-state index is 10.3. The van der Waals surface area contributed by atoms with E-state index in [2.05, 4.69) is 21.1 Å². The summed E-state index contributed by atoms with van der Waals surface area (Å²) in [6.07, 6.45) is -0.288. The molecule has 1 N–H and O–H groups in total. The van der Waals surface area contributed by atoms with Crippen LogP contribution in [0.2, 0.25) is 5.02 Å². The van der Waals surface area contributed by atoms with Crippen LogP contribution in [0.3, 0.4) is 0 Å². The Balaban J connectivity index is 1.90. The van der Waals surface area contributed by atoms with Crippen LogP contribution >= 0.6 is 11.6 Å². The summed E-state index contributed by atoms with van der Waals surface area (Å²) >= 11 is 6.27. The number of aliphatic hydroxyl groups is 1. The third kappa shape index (κ3) is 3.89. The highest BCUT2D eigenvalue weighted by atomic mass is 35.5. The van der Waals surface area contributed by atoms with Crippen LogP contribution in [0.1, 0.15) is 35.4 Å². The highest BCUT2D eigenvalue weighted by Gasteiger charge is 2.26. The molecule has 0 saturated carbocycles. The number of nitrogens with zero attached hydrogens (tertiary/aromatic N) is 4. The van der Waals surface area contributed by atoms with Gasteiger partial charge in [-0.1, -0.05) is 23.7 Å². The molecule has 28 heavy (non-hydrogen) atoms. The summed E-state index contributed by atoms with van der Waals surface area (Å²) in [7, 11) is 0. The van der Waals surface area contributed by atoms with E-state index in [0.29, 0.717) is 40.0 Å². The van der Waals surface area contributed by atoms with Gasteiger partial charge < -0.3 is 9.52 Å². The molecule has 6 nitrogen and oxygen atoms in total. The molecule has 2 aromatic carbocycles. The van der Waals surface area contributed by atoms with Gasteiger partial charge in [0.05, 0.1) is 35.2 Å². The number of nitriles is 1. The molecule has 1 aromatic heterocycles. The molecule has 140 valence electrons. The highest BCUT2D eigenvalue weighted by Crippen LogP contribution is 2.34. The second kappa shape index (κ2) is 8.22. The third-order valence-corrected chi connectivity index (χ3v) is 5.12. The van der Waals surface area contributed by atoms with Crippen molar-refractivity contribution in [3.8, 4) is 17.5 Å². The standard InChI is InChI=1S/C21H17ClN4O2/c1-12-16(8-9-18(24-3)19(12)22)10-17(13(2)27)21-26-25-20(28-21)15-6-4-14(11-23)5-7-15/h4-9,13,17,27H,10H2,1-2H3/t13-,17-/m1/s1. The number of hydrogen-bond donors (Lipinski definition) is 1. The van der Waals surface area contributed by atoms with Crippen LogP contribution in [0.4, 0.5) is 5.69 Å². The molecule has 1 heterocycles. The lowest BCUT2D eigenvalue weighted by Crippen LogP contribution is -2.18. The summed E-state index contributed by atoms with van der Waals surface area (Å²) in [5.74, 6) is 0.218. The van der Waals surface area contributed by atoms with E-state index in [9.17, 15) is 5.11 Å². The molecule has 0 aliphatic carbocycles. The largest absolute Gasteiger partial charge is 0.420 e. The van der Waals surface area contributed by atoms with Gasteiger partial charge >= 0.3 is 0 Å². The molecular formula is C21H17ClN4O2. The quantitative estimate of drug-likeness (QED) is 0.628. The number of hydrogen-bond acceptors (Lipinski definition) is 5. The van der Waals surface area contributed by atoms with Crippen molar-refractivity contribution >= 4 is 17.3 Å². The van der Waals surface area contributed by atoms with Gasteiger partial charge in [0.15, 0.2) is 0 Å². The first-order chi connectivity index (χ1) is 13.4. The summed E-state index contributed by atoms with van der Waals surface area (Å²) in [5, 5.41) is 27.8. The Kier molecular flexibility index (Phi) is 5.75.